The van der Waals surface area contributed by atoms with Crippen molar-refractivity contribution in [2.45, 2.75) is 20.5 Å². The maximum absolute atomic E-state index is 12.0. The van der Waals surface area contributed by atoms with Gasteiger partial charge in [0.05, 0.1) is 10.8 Å². The van der Waals surface area contributed by atoms with Gasteiger partial charge in [0.25, 0.3) is 0 Å². The summed E-state index contributed by atoms with van der Waals surface area (Å²) in [6.45, 7) is 4.39. The number of aromatic amines is 1. The molecule has 0 fully saturated rings. The molecule has 0 saturated heterocycles. The number of pyridine rings is 1. The largest absolute Gasteiger partial charge is 0.487 e. The molecule has 5 heteroatoms. The molecular formula is C20H20BrNO3. The molecule has 0 spiro atoms. The Labute approximate surface area is 155 Å². The normalized spacial score (nSPS) is 10.0. The number of hydrogen-bond acceptors (Lipinski definition) is 3. The Balaban J connectivity index is 0.00000109. The molecule has 1 heterocycles. The van der Waals surface area contributed by atoms with Crippen molar-refractivity contribution < 1.29 is 9.53 Å². The van der Waals surface area contributed by atoms with E-state index in [2.05, 4.69) is 20.9 Å². The number of nitrogens with one attached hydrogen (secondary N) is 1. The number of H-pyrrole nitrogens is 1. The van der Waals surface area contributed by atoms with Gasteiger partial charge in [-0.1, -0.05) is 60.1 Å². The van der Waals surface area contributed by atoms with Crippen molar-refractivity contribution in [3.63, 3.8) is 0 Å². The number of Topliss-reactive ketones (excluding diaryl/α,β-unsaturated/α-hetero) is 1. The summed E-state index contributed by atoms with van der Waals surface area (Å²) in [5.74, 6) is 0.504. The van der Waals surface area contributed by atoms with E-state index in [4.69, 9.17) is 4.74 Å². The number of ether oxygens (including phenoxy) is 1. The molecule has 0 aliphatic heterocycles. The first-order valence-electron chi connectivity index (χ1n) is 8.11. The number of hydrogen-bond donors (Lipinski definition) is 1. The number of halogens is 1. The number of fused-ring (bicyclic) bond motifs is 1. The van der Waals surface area contributed by atoms with Gasteiger partial charge in [-0.3, -0.25) is 9.59 Å². The lowest BCUT2D eigenvalue weighted by molar-refractivity contribution is 0.102. The molecule has 3 aromatic rings. The quantitative estimate of drug-likeness (QED) is 0.497. The Morgan fingerprint density at radius 1 is 1.04 bits per heavy atom. The maximum atomic E-state index is 12.0. The zero-order chi connectivity index (χ0) is 18.2. The molecule has 0 atom stereocenters. The van der Waals surface area contributed by atoms with E-state index >= 15 is 0 Å². The van der Waals surface area contributed by atoms with E-state index in [1.54, 1.807) is 18.2 Å². The molecule has 130 valence electrons. The second kappa shape index (κ2) is 9.18. The molecule has 0 radical (unpaired) electrons. The van der Waals surface area contributed by atoms with Gasteiger partial charge in [-0.2, -0.15) is 0 Å². The highest BCUT2D eigenvalue weighted by atomic mass is 79.9. The van der Waals surface area contributed by atoms with E-state index in [0.717, 1.165) is 5.56 Å². The second-order valence-electron chi connectivity index (χ2n) is 5.05. The molecule has 0 bridgehead atoms. The highest BCUT2D eigenvalue weighted by Crippen LogP contribution is 2.27. The second-order valence-corrected chi connectivity index (χ2v) is 5.61. The van der Waals surface area contributed by atoms with Crippen molar-refractivity contribution in [1.82, 2.24) is 4.98 Å². The molecule has 0 amide bonds. The summed E-state index contributed by atoms with van der Waals surface area (Å²) in [5.41, 5.74) is 1.89. The standard InChI is InChI=1S/C18H14BrNO3.C2H6/c19-10-15(21)13-6-8-16(18-14(13)7-9-17(22)20-18)23-11-12-4-2-1-3-5-12;1-2/h1-9H,10-11H2,(H,20,22);1-2H3. The fourth-order valence-electron chi connectivity index (χ4n) is 2.40. The van der Waals surface area contributed by atoms with Crippen molar-refractivity contribution in [3.05, 3.63) is 76.1 Å². The average Bonchev–Trinajstić information content (AvgIpc) is 2.67. The minimum atomic E-state index is -0.231. The highest BCUT2D eigenvalue weighted by Gasteiger charge is 2.13. The van der Waals surface area contributed by atoms with E-state index in [-0.39, 0.29) is 16.7 Å². The summed E-state index contributed by atoms with van der Waals surface area (Å²) in [6, 6.07) is 16.3. The van der Waals surface area contributed by atoms with Crippen LogP contribution >= 0.6 is 15.9 Å². The topological polar surface area (TPSA) is 59.2 Å². The number of carbonyl (C=O) groups excluding carboxylic acids is 1. The number of aromatic nitrogens is 1. The Bertz CT molecular complexity index is 904. The SMILES string of the molecule is CC.O=C(CBr)c1ccc(OCc2ccccc2)c2[nH]c(=O)ccc12. The summed E-state index contributed by atoms with van der Waals surface area (Å²) in [6.07, 6.45) is 0. The van der Waals surface area contributed by atoms with Gasteiger partial charge < -0.3 is 9.72 Å². The predicted molar refractivity (Wildman–Crippen MR) is 105 cm³/mol. The van der Waals surface area contributed by atoms with Gasteiger partial charge in [0.1, 0.15) is 12.4 Å². The molecule has 1 N–H and O–H groups in total. The summed E-state index contributed by atoms with van der Waals surface area (Å²) in [7, 11) is 0. The van der Waals surface area contributed by atoms with E-state index in [1.807, 2.05) is 44.2 Å². The molecule has 0 aliphatic carbocycles. The number of alkyl halides is 1. The van der Waals surface area contributed by atoms with Gasteiger partial charge in [0.15, 0.2) is 5.78 Å². The lowest BCUT2D eigenvalue weighted by Crippen LogP contribution is -2.08. The third kappa shape index (κ3) is 4.57. The highest BCUT2D eigenvalue weighted by molar-refractivity contribution is 9.09. The zero-order valence-electron chi connectivity index (χ0n) is 14.2. The predicted octanol–water partition coefficient (Wildman–Crippen LogP) is 4.71. The minimum absolute atomic E-state index is 0.0448. The number of carbonyl (C=O) groups is 1. The molecule has 3 rings (SSSR count). The third-order valence-corrected chi connectivity index (χ3v) is 4.03. The fraction of sp³-hybridized carbons (Fsp3) is 0.200. The Kier molecular flexibility index (Phi) is 6.95. The number of benzene rings is 2. The molecule has 4 nitrogen and oxygen atoms in total. The summed E-state index contributed by atoms with van der Waals surface area (Å²) >= 11 is 3.18. The maximum Gasteiger partial charge on any atom is 0.248 e. The van der Waals surface area contributed by atoms with Crippen LogP contribution in [0.25, 0.3) is 10.9 Å². The summed E-state index contributed by atoms with van der Waals surface area (Å²) in [5, 5.41) is 0.908. The van der Waals surface area contributed by atoms with Crippen molar-refractivity contribution in [3.8, 4) is 5.75 Å². The fourth-order valence-corrected chi connectivity index (χ4v) is 2.70. The molecule has 2 aromatic carbocycles. The van der Waals surface area contributed by atoms with Gasteiger partial charge in [0, 0.05) is 17.0 Å². The summed E-state index contributed by atoms with van der Waals surface area (Å²) < 4.78 is 5.84. The van der Waals surface area contributed by atoms with Crippen molar-refractivity contribution in [2.75, 3.05) is 5.33 Å². The Hall–Kier alpha value is -2.40. The van der Waals surface area contributed by atoms with E-state index in [9.17, 15) is 9.59 Å². The third-order valence-electron chi connectivity index (χ3n) is 3.52. The Morgan fingerprint density at radius 2 is 1.76 bits per heavy atom. The van der Waals surface area contributed by atoms with Crippen LogP contribution in [0.1, 0.15) is 29.8 Å². The van der Waals surface area contributed by atoms with E-state index < -0.39 is 0 Å². The van der Waals surface area contributed by atoms with Crippen molar-refractivity contribution in [2.24, 2.45) is 0 Å². The van der Waals surface area contributed by atoms with Crippen LogP contribution in [0.2, 0.25) is 0 Å². The van der Waals surface area contributed by atoms with Gasteiger partial charge in [-0.15, -0.1) is 0 Å². The van der Waals surface area contributed by atoms with Crippen LogP contribution in [0.5, 0.6) is 5.75 Å². The van der Waals surface area contributed by atoms with Crippen molar-refractivity contribution in [1.29, 1.82) is 0 Å². The van der Waals surface area contributed by atoms with Crippen LogP contribution in [0.15, 0.2) is 59.4 Å². The monoisotopic (exact) mass is 401 g/mol. The number of rotatable bonds is 5. The molecule has 25 heavy (non-hydrogen) atoms. The van der Waals surface area contributed by atoms with Crippen LogP contribution in [0, 0.1) is 0 Å². The molecule has 0 saturated carbocycles. The van der Waals surface area contributed by atoms with Crippen LogP contribution in [-0.2, 0) is 6.61 Å². The van der Waals surface area contributed by atoms with Gasteiger partial charge in [-0.05, 0) is 23.8 Å². The van der Waals surface area contributed by atoms with E-state index in [1.165, 1.54) is 6.07 Å². The lowest BCUT2D eigenvalue weighted by atomic mass is 10.0. The molecule has 0 unspecified atom stereocenters. The average molecular weight is 402 g/mol. The lowest BCUT2D eigenvalue weighted by Gasteiger charge is -2.11. The van der Waals surface area contributed by atoms with Crippen LogP contribution in [-0.4, -0.2) is 16.1 Å². The molecule has 1 aromatic heterocycles. The van der Waals surface area contributed by atoms with Gasteiger partial charge in [-0.25, -0.2) is 0 Å². The van der Waals surface area contributed by atoms with Crippen LogP contribution in [0.4, 0.5) is 0 Å². The van der Waals surface area contributed by atoms with E-state index in [0.29, 0.717) is 28.8 Å². The van der Waals surface area contributed by atoms with Gasteiger partial charge >= 0.3 is 0 Å². The zero-order valence-corrected chi connectivity index (χ0v) is 15.8. The van der Waals surface area contributed by atoms with Crippen LogP contribution < -0.4 is 10.3 Å². The van der Waals surface area contributed by atoms with Crippen LogP contribution in [0.3, 0.4) is 0 Å². The first-order chi connectivity index (χ1) is 12.2. The molecule has 0 aliphatic rings. The first kappa shape index (κ1) is 18.9. The smallest absolute Gasteiger partial charge is 0.248 e. The summed E-state index contributed by atoms with van der Waals surface area (Å²) in [4.78, 5) is 26.4. The minimum Gasteiger partial charge on any atom is -0.487 e. The Morgan fingerprint density at radius 3 is 2.44 bits per heavy atom. The first-order valence-corrected chi connectivity index (χ1v) is 9.23. The molecular weight excluding hydrogens is 382 g/mol. The van der Waals surface area contributed by atoms with Crippen molar-refractivity contribution >= 4 is 32.6 Å². The van der Waals surface area contributed by atoms with Gasteiger partial charge in [0.2, 0.25) is 5.56 Å². The number of ketones is 1.